The van der Waals surface area contributed by atoms with Gasteiger partial charge in [-0.25, -0.2) is 9.18 Å². The van der Waals surface area contributed by atoms with E-state index in [9.17, 15) is 14.0 Å². The Labute approximate surface area is 171 Å². The molecule has 2 fully saturated rings. The number of piperidine rings is 1. The minimum atomic E-state index is -0.554. The summed E-state index contributed by atoms with van der Waals surface area (Å²) in [6.07, 6.45) is 0.841. The molecule has 7 heteroatoms. The summed E-state index contributed by atoms with van der Waals surface area (Å²) >= 11 is 3.44. The second-order valence-electron chi connectivity index (χ2n) is 7.34. The van der Waals surface area contributed by atoms with Gasteiger partial charge in [-0.2, -0.15) is 0 Å². The molecule has 2 aromatic carbocycles. The second kappa shape index (κ2) is 7.54. The molecule has 0 aliphatic carbocycles. The molecule has 1 spiro atoms. The van der Waals surface area contributed by atoms with Gasteiger partial charge in [0.25, 0.3) is 5.91 Å². The number of benzene rings is 2. The number of hydrogen-bond donors (Lipinski definition) is 0. The van der Waals surface area contributed by atoms with E-state index in [0.717, 1.165) is 10.0 Å². The van der Waals surface area contributed by atoms with Gasteiger partial charge >= 0.3 is 6.09 Å². The van der Waals surface area contributed by atoms with Crippen molar-refractivity contribution in [2.75, 3.05) is 19.6 Å². The van der Waals surface area contributed by atoms with Crippen molar-refractivity contribution >= 4 is 27.9 Å². The molecule has 146 valence electrons. The Balaban J connectivity index is 1.39. The van der Waals surface area contributed by atoms with Crippen molar-refractivity contribution in [3.05, 3.63) is 69.9 Å². The third kappa shape index (κ3) is 3.90. The van der Waals surface area contributed by atoms with Crippen LogP contribution in [0.1, 0.15) is 28.8 Å². The van der Waals surface area contributed by atoms with E-state index in [1.165, 1.54) is 18.2 Å². The minimum Gasteiger partial charge on any atom is -0.441 e. The van der Waals surface area contributed by atoms with Crippen molar-refractivity contribution in [3.63, 3.8) is 0 Å². The number of likely N-dealkylation sites (tertiary alicyclic amines) is 1. The van der Waals surface area contributed by atoms with Gasteiger partial charge in [0.2, 0.25) is 0 Å². The molecule has 4 rings (SSSR count). The Morgan fingerprint density at radius 1 is 1.14 bits per heavy atom. The number of hydrogen-bond acceptors (Lipinski definition) is 3. The van der Waals surface area contributed by atoms with Gasteiger partial charge in [-0.15, -0.1) is 0 Å². The van der Waals surface area contributed by atoms with E-state index >= 15 is 0 Å². The standard InChI is InChI=1S/C21H20BrFN2O3/c22-17-5-1-3-15(11-17)13-25-14-21(28-20(25)27)7-9-24(10-8-21)19(26)16-4-2-6-18(23)12-16/h1-6,11-12H,7-10,13-14H2. The van der Waals surface area contributed by atoms with E-state index < -0.39 is 11.4 Å². The van der Waals surface area contributed by atoms with Crippen molar-refractivity contribution in [2.24, 2.45) is 0 Å². The van der Waals surface area contributed by atoms with Gasteiger partial charge in [0.15, 0.2) is 0 Å². The molecule has 28 heavy (non-hydrogen) atoms. The molecule has 0 atom stereocenters. The maximum atomic E-state index is 13.4. The quantitative estimate of drug-likeness (QED) is 0.709. The number of nitrogens with zero attached hydrogens (tertiary/aromatic N) is 2. The molecule has 2 aliphatic heterocycles. The van der Waals surface area contributed by atoms with Crippen LogP contribution in [0, 0.1) is 5.82 Å². The van der Waals surface area contributed by atoms with Gasteiger partial charge in [0.05, 0.1) is 6.54 Å². The van der Waals surface area contributed by atoms with Crippen LogP contribution in [-0.2, 0) is 11.3 Å². The predicted molar refractivity (Wildman–Crippen MR) is 105 cm³/mol. The van der Waals surface area contributed by atoms with E-state index in [2.05, 4.69) is 15.9 Å². The van der Waals surface area contributed by atoms with Gasteiger partial charge in [-0.05, 0) is 35.9 Å². The average Bonchev–Trinajstić information content (AvgIpc) is 2.96. The first-order valence-corrected chi connectivity index (χ1v) is 10.0. The molecule has 0 aromatic heterocycles. The SMILES string of the molecule is O=C1OC2(CCN(C(=O)c3cccc(F)c3)CC2)CN1Cc1cccc(Br)c1. The van der Waals surface area contributed by atoms with Crippen molar-refractivity contribution in [1.29, 1.82) is 0 Å². The fourth-order valence-electron chi connectivity index (χ4n) is 3.85. The molecule has 2 amide bonds. The highest BCUT2D eigenvalue weighted by molar-refractivity contribution is 9.10. The molecule has 0 unspecified atom stereocenters. The molecular weight excluding hydrogens is 427 g/mol. The number of halogens is 2. The van der Waals surface area contributed by atoms with Crippen LogP contribution in [-0.4, -0.2) is 47.0 Å². The molecule has 0 radical (unpaired) electrons. The summed E-state index contributed by atoms with van der Waals surface area (Å²) in [6.45, 7) is 1.97. The Morgan fingerprint density at radius 2 is 1.89 bits per heavy atom. The molecule has 0 N–H and O–H groups in total. The maximum absolute atomic E-state index is 13.4. The summed E-state index contributed by atoms with van der Waals surface area (Å²) in [5.41, 5.74) is 0.819. The summed E-state index contributed by atoms with van der Waals surface area (Å²) in [6, 6.07) is 13.6. The van der Waals surface area contributed by atoms with Gasteiger partial charge in [0, 0.05) is 42.5 Å². The highest BCUT2D eigenvalue weighted by atomic mass is 79.9. The van der Waals surface area contributed by atoms with Gasteiger partial charge in [-0.1, -0.05) is 34.1 Å². The van der Waals surface area contributed by atoms with Crippen LogP contribution >= 0.6 is 15.9 Å². The molecule has 0 saturated carbocycles. The topological polar surface area (TPSA) is 49.9 Å². The zero-order valence-corrected chi connectivity index (χ0v) is 16.8. The number of ether oxygens (including phenoxy) is 1. The first-order valence-electron chi connectivity index (χ1n) is 9.21. The zero-order chi connectivity index (χ0) is 19.7. The van der Waals surface area contributed by atoms with Crippen LogP contribution in [0.3, 0.4) is 0 Å². The normalized spacial score (nSPS) is 18.4. The van der Waals surface area contributed by atoms with Crippen LogP contribution in [0.2, 0.25) is 0 Å². The van der Waals surface area contributed by atoms with Crippen LogP contribution in [0.5, 0.6) is 0 Å². The van der Waals surface area contributed by atoms with Crippen molar-refractivity contribution in [1.82, 2.24) is 9.80 Å². The lowest BCUT2D eigenvalue weighted by Crippen LogP contribution is -2.48. The van der Waals surface area contributed by atoms with Crippen LogP contribution in [0.15, 0.2) is 53.0 Å². The van der Waals surface area contributed by atoms with E-state index in [1.54, 1.807) is 15.9 Å². The summed E-state index contributed by atoms with van der Waals surface area (Å²) in [7, 11) is 0. The summed E-state index contributed by atoms with van der Waals surface area (Å²) in [5.74, 6) is -0.614. The van der Waals surface area contributed by atoms with Crippen LogP contribution in [0.4, 0.5) is 9.18 Å². The minimum absolute atomic E-state index is 0.190. The Morgan fingerprint density at radius 3 is 2.61 bits per heavy atom. The van der Waals surface area contributed by atoms with Crippen LogP contribution < -0.4 is 0 Å². The molecule has 2 aliphatic rings. The number of carbonyl (C=O) groups is 2. The highest BCUT2D eigenvalue weighted by Gasteiger charge is 2.47. The second-order valence-corrected chi connectivity index (χ2v) is 8.26. The number of rotatable bonds is 3. The number of amides is 2. The molecule has 2 saturated heterocycles. The Kier molecular flexibility index (Phi) is 5.10. The first kappa shape index (κ1) is 18.9. The van der Waals surface area contributed by atoms with Gasteiger partial charge in [-0.3, -0.25) is 9.69 Å². The Bertz CT molecular complexity index is 912. The first-order chi connectivity index (χ1) is 13.4. The van der Waals surface area contributed by atoms with Crippen molar-refractivity contribution < 1.29 is 18.7 Å². The van der Waals surface area contributed by atoms with Gasteiger partial charge in [0.1, 0.15) is 11.4 Å². The molecule has 5 nitrogen and oxygen atoms in total. The summed E-state index contributed by atoms with van der Waals surface area (Å²) < 4.78 is 20.1. The van der Waals surface area contributed by atoms with E-state index in [0.29, 0.717) is 44.6 Å². The monoisotopic (exact) mass is 446 g/mol. The summed E-state index contributed by atoms with van der Waals surface area (Å²) in [4.78, 5) is 28.4. The maximum Gasteiger partial charge on any atom is 0.410 e. The Hall–Kier alpha value is -2.41. The van der Waals surface area contributed by atoms with Crippen LogP contribution in [0.25, 0.3) is 0 Å². The van der Waals surface area contributed by atoms with Gasteiger partial charge < -0.3 is 9.64 Å². The predicted octanol–water partition coefficient (Wildman–Crippen LogP) is 4.22. The van der Waals surface area contributed by atoms with E-state index in [-0.39, 0.29) is 12.0 Å². The van der Waals surface area contributed by atoms with Crippen molar-refractivity contribution in [2.45, 2.75) is 25.0 Å². The lowest BCUT2D eigenvalue weighted by atomic mass is 9.91. The molecule has 2 aromatic rings. The fourth-order valence-corrected chi connectivity index (χ4v) is 4.30. The average molecular weight is 447 g/mol. The zero-order valence-electron chi connectivity index (χ0n) is 15.2. The molecule has 0 bridgehead atoms. The smallest absolute Gasteiger partial charge is 0.410 e. The number of carbonyl (C=O) groups excluding carboxylic acids is 2. The molecular formula is C21H20BrFN2O3. The third-order valence-corrected chi connectivity index (χ3v) is 5.83. The lowest BCUT2D eigenvalue weighted by molar-refractivity contribution is 0.00311. The molecule has 2 heterocycles. The van der Waals surface area contributed by atoms with Crippen molar-refractivity contribution in [3.8, 4) is 0 Å². The van der Waals surface area contributed by atoms with E-state index in [4.69, 9.17) is 4.74 Å². The third-order valence-electron chi connectivity index (χ3n) is 5.34. The largest absolute Gasteiger partial charge is 0.441 e. The summed E-state index contributed by atoms with van der Waals surface area (Å²) in [5, 5.41) is 0. The fraction of sp³-hybridized carbons (Fsp3) is 0.333. The van der Waals surface area contributed by atoms with E-state index in [1.807, 2.05) is 24.3 Å². The lowest BCUT2D eigenvalue weighted by Gasteiger charge is -2.37. The highest BCUT2D eigenvalue weighted by Crippen LogP contribution is 2.34.